The molecule has 0 amide bonds. The van der Waals surface area contributed by atoms with E-state index in [-0.39, 0.29) is 5.97 Å². The lowest BCUT2D eigenvalue weighted by Gasteiger charge is -2.09. The molecule has 94 valence electrons. The van der Waals surface area contributed by atoms with Crippen molar-refractivity contribution in [3.8, 4) is 0 Å². The molecule has 0 heterocycles. The van der Waals surface area contributed by atoms with Gasteiger partial charge in [0.05, 0.1) is 12.2 Å². The lowest BCUT2D eigenvalue weighted by atomic mass is 9.99. The van der Waals surface area contributed by atoms with E-state index in [0.29, 0.717) is 12.2 Å². The second-order valence-electron chi connectivity index (χ2n) is 4.02. The van der Waals surface area contributed by atoms with Crippen LogP contribution in [-0.4, -0.2) is 17.9 Å². The highest BCUT2D eigenvalue weighted by Gasteiger charge is 2.10. The van der Waals surface area contributed by atoms with Crippen LogP contribution >= 0.6 is 15.9 Å². The van der Waals surface area contributed by atoms with Crippen molar-refractivity contribution in [3.05, 3.63) is 47.5 Å². The Morgan fingerprint density at radius 1 is 1.28 bits per heavy atom. The number of ether oxygens (including phenoxy) is 1. The molecule has 2 rings (SSSR count). The van der Waals surface area contributed by atoms with E-state index in [9.17, 15) is 4.79 Å². The van der Waals surface area contributed by atoms with Crippen molar-refractivity contribution in [1.29, 1.82) is 0 Å². The number of hydrogen-bond donors (Lipinski definition) is 0. The first-order valence-electron chi connectivity index (χ1n) is 6.01. The van der Waals surface area contributed by atoms with Gasteiger partial charge in [0.15, 0.2) is 0 Å². The van der Waals surface area contributed by atoms with E-state index in [1.54, 1.807) is 0 Å². The zero-order valence-electron chi connectivity index (χ0n) is 10.3. The molecule has 2 nitrogen and oxygen atoms in total. The topological polar surface area (TPSA) is 26.3 Å². The van der Waals surface area contributed by atoms with Crippen LogP contribution in [0, 0.1) is 0 Å². The molecule has 0 atom stereocenters. The number of esters is 1. The predicted molar refractivity (Wildman–Crippen MR) is 77.4 cm³/mol. The summed E-state index contributed by atoms with van der Waals surface area (Å²) >= 11 is 3.45. The number of benzene rings is 2. The van der Waals surface area contributed by atoms with Gasteiger partial charge in [-0.15, -0.1) is 0 Å². The summed E-state index contributed by atoms with van der Waals surface area (Å²) in [4.78, 5) is 11.8. The fraction of sp³-hybridized carbons (Fsp3) is 0.267. The van der Waals surface area contributed by atoms with E-state index in [0.717, 1.165) is 17.1 Å². The van der Waals surface area contributed by atoms with Crippen LogP contribution in [0.25, 0.3) is 10.8 Å². The molecular weight excluding hydrogens is 292 g/mol. The molecule has 0 saturated carbocycles. The number of carbonyl (C=O) groups excluding carboxylic acids is 1. The molecule has 0 aromatic heterocycles. The van der Waals surface area contributed by atoms with Gasteiger partial charge in [-0.25, -0.2) is 4.79 Å². The molecule has 0 aliphatic heterocycles. The summed E-state index contributed by atoms with van der Waals surface area (Å²) in [6.07, 6.45) is 0.897. The van der Waals surface area contributed by atoms with E-state index < -0.39 is 0 Å². The van der Waals surface area contributed by atoms with Gasteiger partial charge in [0, 0.05) is 5.33 Å². The summed E-state index contributed by atoms with van der Waals surface area (Å²) in [6.45, 7) is 2.22. The lowest BCUT2D eigenvalue weighted by molar-refractivity contribution is 0.0526. The molecule has 0 spiro atoms. The van der Waals surface area contributed by atoms with E-state index in [2.05, 4.69) is 22.0 Å². The number of carbonyl (C=O) groups is 1. The predicted octanol–water partition coefficient (Wildman–Crippen LogP) is 3.95. The van der Waals surface area contributed by atoms with Crippen molar-refractivity contribution >= 4 is 32.7 Å². The van der Waals surface area contributed by atoms with Crippen LogP contribution in [0.5, 0.6) is 0 Å². The fourth-order valence-electron chi connectivity index (χ4n) is 2.03. The van der Waals surface area contributed by atoms with Crippen LogP contribution < -0.4 is 0 Å². The Balaban J connectivity index is 2.53. The second kappa shape index (κ2) is 6.01. The number of aryl methyl sites for hydroxylation is 1. The Hall–Kier alpha value is -1.35. The molecule has 0 saturated heterocycles. The third kappa shape index (κ3) is 2.72. The molecule has 0 radical (unpaired) electrons. The van der Waals surface area contributed by atoms with Crippen LogP contribution in [0.15, 0.2) is 36.4 Å². The SMILES string of the molecule is CCOC(=O)c1cc(CCBr)c2ccccc2c1. The molecule has 0 aliphatic rings. The molecular formula is C15H15BrO2. The first kappa shape index (κ1) is 13.1. The van der Waals surface area contributed by atoms with Crippen molar-refractivity contribution in [3.63, 3.8) is 0 Å². The van der Waals surface area contributed by atoms with E-state index in [1.165, 1.54) is 10.9 Å². The van der Waals surface area contributed by atoms with Gasteiger partial charge in [0.25, 0.3) is 0 Å². The molecule has 0 fully saturated rings. The Bertz CT molecular complexity index is 563. The van der Waals surface area contributed by atoms with Gasteiger partial charge in [-0.1, -0.05) is 40.2 Å². The molecule has 0 bridgehead atoms. The third-order valence-corrected chi connectivity index (χ3v) is 3.22. The Morgan fingerprint density at radius 2 is 2.06 bits per heavy atom. The lowest BCUT2D eigenvalue weighted by Crippen LogP contribution is -2.05. The van der Waals surface area contributed by atoms with Gasteiger partial charge in [-0.05, 0) is 41.8 Å². The number of hydrogen-bond acceptors (Lipinski definition) is 2. The third-order valence-electron chi connectivity index (χ3n) is 2.82. The minimum Gasteiger partial charge on any atom is -0.462 e. The van der Waals surface area contributed by atoms with Crippen molar-refractivity contribution in [2.45, 2.75) is 13.3 Å². The van der Waals surface area contributed by atoms with Crippen LogP contribution in [0.2, 0.25) is 0 Å². The largest absolute Gasteiger partial charge is 0.462 e. The number of halogens is 1. The maximum atomic E-state index is 11.8. The highest BCUT2D eigenvalue weighted by molar-refractivity contribution is 9.09. The van der Waals surface area contributed by atoms with Crippen LogP contribution in [0.3, 0.4) is 0 Å². The molecule has 3 heteroatoms. The number of alkyl halides is 1. The zero-order chi connectivity index (χ0) is 13.0. The summed E-state index contributed by atoms with van der Waals surface area (Å²) in [5, 5.41) is 3.16. The van der Waals surface area contributed by atoms with Crippen LogP contribution in [0.1, 0.15) is 22.8 Å². The van der Waals surface area contributed by atoms with Gasteiger partial charge >= 0.3 is 5.97 Å². The van der Waals surface area contributed by atoms with Gasteiger partial charge < -0.3 is 4.74 Å². The first-order valence-corrected chi connectivity index (χ1v) is 7.13. The van der Waals surface area contributed by atoms with E-state index >= 15 is 0 Å². The normalized spacial score (nSPS) is 10.6. The average molecular weight is 307 g/mol. The van der Waals surface area contributed by atoms with Crippen LogP contribution in [0.4, 0.5) is 0 Å². The highest BCUT2D eigenvalue weighted by atomic mass is 79.9. The van der Waals surface area contributed by atoms with Crippen molar-refractivity contribution in [1.82, 2.24) is 0 Å². The summed E-state index contributed by atoms with van der Waals surface area (Å²) in [6, 6.07) is 11.9. The Kier molecular flexibility index (Phi) is 4.37. The average Bonchev–Trinajstić information content (AvgIpc) is 2.39. The maximum Gasteiger partial charge on any atom is 0.338 e. The molecule has 0 N–H and O–H groups in total. The minimum atomic E-state index is -0.251. The monoisotopic (exact) mass is 306 g/mol. The second-order valence-corrected chi connectivity index (χ2v) is 4.81. The molecule has 0 unspecified atom stereocenters. The van der Waals surface area contributed by atoms with Gasteiger partial charge in [-0.2, -0.15) is 0 Å². The Labute approximate surface area is 115 Å². The Morgan fingerprint density at radius 3 is 2.78 bits per heavy atom. The van der Waals surface area contributed by atoms with Crippen molar-refractivity contribution in [2.24, 2.45) is 0 Å². The smallest absolute Gasteiger partial charge is 0.338 e. The standard InChI is InChI=1S/C15H15BrO2/c1-2-18-15(17)13-9-11-5-3-4-6-14(11)12(10-13)7-8-16/h3-6,9-10H,2,7-8H2,1H3. The van der Waals surface area contributed by atoms with Gasteiger partial charge in [-0.3, -0.25) is 0 Å². The molecule has 2 aromatic carbocycles. The number of rotatable bonds is 4. The van der Waals surface area contributed by atoms with Gasteiger partial charge in [0.1, 0.15) is 0 Å². The summed E-state index contributed by atoms with van der Waals surface area (Å²) in [7, 11) is 0. The van der Waals surface area contributed by atoms with E-state index in [1.807, 2.05) is 37.3 Å². The zero-order valence-corrected chi connectivity index (χ0v) is 11.9. The molecule has 18 heavy (non-hydrogen) atoms. The molecule has 0 aliphatic carbocycles. The first-order chi connectivity index (χ1) is 8.76. The van der Waals surface area contributed by atoms with Crippen LogP contribution in [-0.2, 0) is 11.2 Å². The minimum absolute atomic E-state index is 0.251. The number of fused-ring (bicyclic) bond motifs is 1. The highest BCUT2D eigenvalue weighted by Crippen LogP contribution is 2.22. The fourth-order valence-corrected chi connectivity index (χ4v) is 2.46. The summed E-state index contributed by atoms with van der Waals surface area (Å²) < 4.78 is 5.06. The summed E-state index contributed by atoms with van der Waals surface area (Å²) in [5.74, 6) is -0.251. The van der Waals surface area contributed by atoms with E-state index in [4.69, 9.17) is 4.74 Å². The van der Waals surface area contributed by atoms with Crippen molar-refractivity contribution < 1.29 is 9.53 Å². The quantitative estimate of drug-likeness (QED) is 0.631. The summed E-state index contributed by atoms with van der Waals surface area (Å²) in [5.41, 5.74) is 1.81. The van der Waals surface area contributed by atoms with Gasteiger partial charge in [0.2, 0.25) is 0 Å². The van der Waals surface area contributed by atoms with Crippen molar-refractivity contribution in [2.75, 3.05) is 11.9 Å². The molecule has 2 aromatic rings. The maximum absolute atomic E-state index is 11.8.